The molecule has 1 aliphatic carbocycles. The molecule has 1 aromatic rings. The Labute approximate surface area is 149 Å². The molecule has 1 aromatic heterocycles. The Morgan fingerprint density at radius 2 is 1.96 bits per heavy atom. The minimum Gasteiger partial charge on any atom is -0.472 e. The third-order valence-corrected chi connectivity index (χ3v) is 7.67. The molecule has 2 atom stereocenters. The first kappa shape index (κ1) is 17.2. The zero-order chi connectivity index (χ0) is 17.6. The van der Waals surface area contributed by atoms with Gasteiger partial charge in [-0.25, -0.2) is 13.4 Å². The van der Waals surface area contributed by atoms with Gasteiger partial charge in [0.1, 0.15) is 6.10 Å². The van der Waals surface area contributed by atoms with Crippen molar-refractivity contribution < 1.29 is 13.2 Å². The van der Waals surface area contributed by atoms with E-state index in [1.807, 2.05) is 6.20 Å². The number of hydrogen-bond acceptors (Lipinski definition) is 6. The van der Waals surface area contributed by atoms with Gasteiger partial charge < -0.3 is 4.74 Å². The SMILES string of the molecule is CC(C)S(=O)(=O)N1CCN2C[C@@H](Oc3cnc(C4CC4)cn3)C[C@H]2C1. The minimum atomic E-state index is -3.18. The Bertz CT molecular complexity index is 718. The maximum atomic E-state index is 12.4. The summed E-state index contributed by atoms with van der Waals surface area (Å²) < 4.78 is 32.4. The van der Waals surface area contributed by atoms with Gasteiger partial charge in [-0.3, -0.25) is 9.88 Å². The Balaban J connectivity index is 1.36. The van der Waals surface area contributed by atoms with E-state index in [0.29, 0.717) is 24.9 Å². The molecule has 2 aliphatic heterocycles. The predicted molar refractivity (Wildman–Crippen MR) is 94.0 cm³/mol. The third-order valence-electron chi connectivity index (χ3n) is 5.43. The summed E-state index contributed by atoms with van der Waals surface area (Å²) in [5.74, 6) is 1.16. The number of fused-ring (bicyclic) bond motifs is 1. The summed E-state index contributed by atoms with van der Waals surface area (Å²) in [6.07, 6.45) is 6.85. The van der Waals surface area contributed by atoms with Gasteiger partial charge >= 0.3 is 0 Å². The normalized spacial score (nSPS) is 28.3. The number of aromatic nitrogens is 2. The van der Waals surface area contributed by atoms with E-state index >= 15 is 0 Å². The van der Waals surface area contributed by atoms with Crippen LogP contribution in [0.2, 0.25) is 0 Å². The van der Waals surface area contributed by atoms with Crippen molar-refractivity contribution in [1.82, 2.24) is 19.2 Å². The van der Waals surface area contributed by atoms with Crippen molar-refractivity contribution in [2.75, 3.05) is 26.2 Å². The molecular weight excluding hydrogens is 340 g/mol. The first-order valence-corrected chi connectivity index (χ1v) is 10.7. The van der Waals surface area contributed by atoms with Gasteiger partial charge in [0, 0.05) is 44.6 Å². The van der Waals surface area contributed by atoms with E-state index < -0.39 is 10.0 Å². The van der Waals surface area contributed by atoms with E-state index in [2.05, 4.69) is 14.9 Å². The largest absolute Gasteiger partial charge is 0.472 e. The lowest BCUT2D eigenvalue weighted by Crippen LogP contribution is -2.53. The molecule has 0 N–H and O–H groups in total. The Kier molecular flexibility index (Phi) is 4.45. The van der Waals surface area contributed by atoms with E-state index in [1.54, 1.807) is 24.3 Å². The lowest BCUT2D eigenvalue weighted by Gasteiger charge is -2.37. The summed E-state index contributed by atoms with van der Waals surface area (Å²) in [6, 6.07) is 0.228. The van der Waals surface area contributed by atoms with Gasteiger partial charge in [0.15, 0.2) is 0 Å². The molecule has 0 aromatic carbocycles. The fourth-order valence-corrected chi connectivity index (χ4v) is 5.04. The maximum Gasteiger partial charge on any atom is 0.232 e. The molecule has 0 bridgehead atoms. The Morgan fingerprint density at radius 1 is 1.16 bits per heavy atom. The van der Waals surface area contributed by atoms with Crippen LogP contribution in [0.4, 0.5) is 0 Å². The number of rotatable bonds is 5. The Hall–Kier alpha value is -1.25. The average molecular weight is 366 g/mol. The summed E-state index contributed by atoms with van der Waals surface area (Å²) in [7, 11) is -3.18. The van der Waals surface area contributed by atoms with Crippen molar-refractivity contribution in [3.63, 3.8) is 0 Å². The summed E-state index contributed by atoms with van der Waals surface area (Å²) in [5, 5.41) is -0.368. The molecule has 0 spiro atoms. The molecule has 3 heterocycles. The van der Waals surface area contributed by atoms with Gasteiger partial charge in [0.25, 0.3) is 0 Å². The van der Waals surface area contributed by atoms with Gasteiger partial charge in [-0.05, 0) is 26.7 Å². The molecule has 25 heavy (non-hydrogen) atoms. The minimum absolute atomic E-state index is 0.0489. The van der Waals surface area contributed by atoms with Crippen LogP contribution in [0.3, 0.4) is 0 Å². The topological polar surface area (TPSA) is 75.6 Å². The average Bonchev–Trinajstić information content (AvgIpc) is 3.35. The van der Waals surface area contributed by atoms with Crippen LogP contribution in [0.1, 0.15) is 44.7 Å². The summed E-state index contributed by atoms with van der Waals surface area (Å²) in [4.78, 5) is 11.2. The first-order chi connectivity index (χ1) is 11.9. The van der Waals surface area contributed by atoms with E-state index in [4.69, 9.17) is 4.74 Å². The third kappa shape index (κ3) is 3.52. The van der Waals surface area contributed by atoms with Crippen LogP contribution in [0, 0.1) is 0 Å². The van der Waals surface area contributed by atoms with Crippen molar-refractivity contribution in [3.8, 4) is 5.88 Å². The van der Waals surface area contributed by atoms with Crippen LogP contribution in [-0.4, -0.2) is 71.2 Å². The smallest absolute Gasteiger partial charge is 0.232 e. The fourth-order valence-electron chi connectivity index (χ4n) is 3.73. The molecule has 3 fully saturated rings. The Morgan fingerprint density at radius 3 is 2.60 bits per heavy atom. The van der Waals surface area contributed by atoms with E-state index in [-0.39, 0.29) is 17.4 Å². The van der Waals surface area contributed by atoms with E-state index in [0.717, 1.165) is 25.2 Å². The highest BCUT2D eigenvalue weighted by Crippen LogP contribution is 2.38. The number of hydrogen-bond donors (Lipinski definition) is 0. The molecule has 4 rings (SSSR count). The molecule has 0 radical (unpaired) electrons. The van der Waals surface area contributed by atoms with Crippen LogP contribution < -0.4 is 4.74 Å². The van der Waals surface area contributed by atoms with Crippen LogP contribution in [0.5, 0.6) is 5.88 Å². The highest BCUT2D eigenvalue weighted by molar-refractivity contribution is 7.89. The molecule has 138 valence electrons. The molecule has 7 nitrogen and oxygen atoms in total. The molecule has 8 heteroatoms. The van der Waals surface area contributed by atoms with Crippen molar-refractivity contribution in [3.05, 3.63) is 18.1 Å². The second kappa shape index (κ2) is 6.48. The number of piperazine rings is 1. The highest BCUT2D eigenvalue weighted by Gasteiger charge is 2.41. The van der Waals surface area contributed by atoms with E-state index in [9.17, 15) is 8.42 Å². The molecule has 1 saturated carbocycles. The van der Waals surface area contributed by atoms with Gasteiger partial charge in [0.2, 0.25) is 15.9 Å². The lowest BCUT2D eigenvalue weighted by molar-refractivity contribution is 0.150. The summed E-state index contributed by atoms with van der Waals surface area (Å²) in [6.45, 7) is 6.21. The van der Waals surface area contributed by atoms with Gasteiger partial charge in [-0.2, -0.15) is 4.31 Å². The monoisotopic (exact) mass is 366 g/mol. The second-order valence-corrected chi connectivity index (χ2v) is 10.1. The highest BCUT2D eigenvalue weighted by atomic mass is 32.2. The van der Waals surface area contributed by atoms with E-state index in [1.165, 1.54) is 12.8 Å². The summed E-state index contributed by atoms with van der Waals surface area (Å²) >= 11 is 0. The zero-order valence-electron chi connectivity index (χ0n) is 14.8. The molecule has 0 unspecified atom stereocenters. The van der Waals surface area contributed by atoms with Gasteiger partial charge in [-0.15, -0.1) is 0 Å². The lowest BCUT2D eigenvalue weighted by atomic mass is 10.2. The van der Waals surface area contributed by atoms with Crippen LogP contribution in [0.25, 0.3) is 0 Å². The molecular formula is C17H26N4O3S. The van der Waals surface area contributed by atoms with Gasteiger partial charge in [0.05, 0.1) is 23.3 Å². The van der Waals surface area contributed by atoms with Gasteiger partial charge in [-0.1, -0.05) is 0 Å². The maximum absolute atomic E-state index is 12.4. The van der Waals surface area contributed by atoms with Crippen molar-refractivity contribution >= 4 is 10.0 Å². The number of nitrogens with zero attached hydrogens (tertiary/aromatic N) is 4. The van der Waals surface area contributed by atoms with Crippen molar-refractivity contribution in [1.29, 1.82) is 0 Å². The molecule has 3 aliphatic rings. The summed E-state index contributed by atoms with van der Waals surface area (Å²) in [5.41, 5.74) is 1.06. The molecule has 2 saturated heterocycles. The van der Waals surface area contributed by atoms with Crippen LogP contribution in [0.15, 0.2) is 12.4 Å². The van der Waals surface area contributed by atoms with Crippen molar-refractivity contribution in [2.45, 2.75) is 56.4 Å². The van der Waals surface area contributed by atoms with Crippen LogP contribution in [-0.2, 0) is 10.0 Å². The van der Waals surface area contributed by atoms with Crippen molar-refractivity contribution in [2.24, 2.45) is 0 Å². The standard InChI is InChI=1S/C17H26N4O3S/c1-12(2)25(22,23)21-6-5-20-11-15(7-14(20)10-21)24-17-9-18-16(8-19-17)13-3-4-13/h8-9,12-15H,3-7,10-11H2,1-2H3/t14-,15-/m0/s1. The fraction of sp³-hybridized carbons (Fsp3) is 0.765. The number of sulfonamides is 1. The second-order valence-electron chi connectivity index (χ2n) is 7.63. The molecule has 0 amide bonds. The zero-order valence-corrected chi connectivity index (χ0v) is 15.7. The first-order valence-electron chi connectivity index (χ1n) is 9.15. The number of ether oxygens (including phenoxy) is 1. The van der Waals surface area contributed by atoms with Crippen LogP contribution >= 0.6 is 0 Å². The quantitative estimate of drug-likeness (QED) is 0.780. The predicted octanol–water partition coefficient (Wildman–Crippen LogP) is 1.23.